The Morgan fingerprint density at radius 1 is 0.347 bits per heavy atom. The summed E-state index contributed by atoms with van der Waals surface area (Å²) >= 11 is 0. The molecule has 14 rings (SSSR count). The zero-order valence-electron chi connectivity index (χ0n) is 87.8. The Morgan fingerprint density at radius 2 is 0.653 bits per heavy atom. The number of rotatable bonds is 39. The number of aromatic nitrogens is 12. The van der Waals surface area contributed by atoms with Gasteiger partial charge in [-0.25, -0.2) is 21.9 Å². The normalized spacial score (nSPS) is 18.9. The summed E-state index contributed by atoms with van der Waals surface area (Å²) in [6, 6.07) is 30.7. The monoisotopic (exact) mass is 1980 g/mol. The van der Waals surface area contributed by atoms with Crippen LogP contribution in [0.15, 0.2) is 97.1 Å². The molecule has 0 aliphatic heterocycles. The second-order valence-corrected chi connectivity index (χ2v) is 41.2. The molecule has 5 fully saturated rings. The highest BCUT2D eigenvalue weighted by Crippen LogP contribution is 2.36. The predicted octanol–water partition coefficient (Wildman–Crippen LogP) is 17.7. The van der Waals surface area contributed by atoms with Crippen molar-refractivity contribution in [1.82, 2.24) is 81.7 Å². The van der Waals surface area contributed by atoms with Gasteiger partial charge < -0.3 is 81.0 Å². The van der Waals surface area contributed by atoms with Crippen molar-refractivity contribution in [3.05, 3.63) is 153 Å². The van der Waals surface area contributed by atoms with E-state index in [1.54, 1.807) is 48.5 Å². The number of hydrogen-bond acceptors (Lipinski definition) is 35. The van der Waals surface area contributed by atoms with E-state index >= 15 is 0 Å². The number of anilines is 16. The molecule has 22 N–H and O–H groups in total. The molecule has 5 aliphatic rings. The number of amides is 4. The van der Waals surface area contributed by atoms with Gasteiger partial charge in [0.05, 0.1) is 28.4 Å². The molecule has 4 amide bonds. The van der Waals surface area contributed by atoms with Gasteiger partial charge >= 0.3 is 0 Å². The first-order valence-electron chi connectivity index (χ1n) is 51.2. The molecule has 0 spiro atoms. The van der Waals surface area contributed by atoms with Crippen LogP contribution in [0.5, 0.6) is 0 Å². The van der Waals surface area contributed by atoms with Crippen molar-refractivity contribution < 1.29 is 38.5 Å². The van der Waals surface area contributed by atoms with Gasteiger partial charge in [-0.2, -0.15) is 59.8 Å². The fourth-order valence-corrected chi connectivity index (χ4v) is 18.0. The molecule has 10 atom stereocenters. The van der Waals surface area contributed by atoms with Crippen LogP contribution in [0.3, 0.4) is 0 Å². The summed E-state index contributed by atoms with van der Waals surface area (Å²) in [5, 5.41) is 40.7. The number of nitrogens with two attached hydrogens (primary N) is 3. The second-order valence-electron chi connectivity index (χ2n) is 41.2. The lowest BCUT2D eigenvalue weighted by molar-refractivity contribution is 0.0533. The fourth-order valence-electron chi connectivity index (χ4n) is 18.0. The third-order valence-electron chi connectivity index (χ3n) is 27.8. The highest BCUT2D eigenvalue weighted by molar-refractivity contribution is 5.97. The van der Waals surface area contributed by atoms with Crippen LogP contribution in [0.25, 0.3) is 0 Å². The number of hydrogen-bond donors (Lipinski definition) is 19. The molecular formula is C105H159N31O8. The van der Waals surface area contributed by atoms with Crippen molar-refractivity contribution in [2.75, 3.05) is 132 Å². The van der Waals surface area contributed by atoms with E-state index in [0.29, 0.717) is 159 Å². The Hall–Kier alpha value is -12.7. The highest BCUT2D eigenvalue weighted by Gasteiger charge is 2.30. The number of nitrogens with zero attached hydrogens (tertiary/aromatic N) is 12. The van der Waals surface area contributed by atoms with Crippen LogP contribution < -0.4 is 103 Å². The topological polar surface area (TPSA) is 530 Å². The molecule has 8 unspecified atom stereocenters. The highest BCUT2D eigenvalue weighted by atomic mass is 16.7. The minimum Gasteiger partial charge on any atom is -0.354 e. The lowest BCUT2D eigenvalue weighted by Crippen LogP contribution is -2.32. The third-order valence-corrected chi connectivity index (χ3v) is 27.8. The maximum atomic E-state index is 12.3. The molecule has 782 valence electrons. The number of benzene rings is 5. The van der Waals surface area contributed by atoms with E-state index in [9.17, 15) is 19.2 Å². The van der Waals surface area contributed by atoms with Crippen molar-refractivity contribution >= 4 is 118 Å². The van der Waals surface area contributed by atoms with Gasteiger partial charge in [0, 0.05) is 95.3 Å². The first-order chi connectivity index (χ1) is 69.1. The first-order valence-corrected chi connectivity index (χ1v) is 51.2. The maximum Gasteiger partial charge on any atom is 0.274 e. The molecule has 9 aromatic rings. The van der Waals surface area contributed by atoms with Gasteiger partial charge in [0.25, 0.3) is 23.6 Å². The SMILES string of the molecule is CONC(=O)c1ccc(C)c(Nc2nc(NCC3CCCC(CN)C3)nc(NC3CCCCC3)n2)c1.CONC(=O)c1ccc(C)c(Nc2nc(NCC3CCCC(CN)C3)nc(NC3CCCCC3C)n2)c1.CONC(=O)c1ccc(C)c(Nc2nc(NCC3CCCC(CN)C3)nc(N[C@H](C)C(C)(C)C)n2)c1.CONC(=O)c1ccc(C)c(Nc2nc(NCc3cccc(C)c3)nc(N[C@H](C)C(C)(C)C)n2)c1. The van der Waals surface area contributed by atoms with E-state index < -0.39 is 0 Å². The van der Waals surface area contributed by atoms with Crippen molar-refractivity contribution in [1.29, 1.82) is 0 Å². The van der Waals surface area contributed by atoms with Crippen LogP contribution in [0.1, 0.15) is 272 Å². The van der Waals surface area contributed by atoms with E-state index in [0.717, 1.165) is 123 Å². The van der Waals surface area contributed by atoms with Crippen LogP contribution in [-0.2, 0) is 25.9 Å². The lowest BCUT2D eigenvalue weighted by atomic mass is 9.81. The first kappa shape index (κ1) is 112. The lowest BCUT2D eigenvalue weighted by Gasteiger charge is -2.30. The predicted molar refractivity (Wildman–Crippen MR) is 573 cm³/mol. The summed E-state index contributed by atoms with van der Waals surface area (Å²) in [6.07, 6.45) is 25.1. The summed E-state index contributed by atoms with van der Waals surface area (Å²) in [5.41, 5.74) is 38.2. The Balaban J connectivity index is 0.000000183. The van der Waals surface area contributed by atoms with Crippen molar-refractivity contribution in [2.24, 2.45) is 69.5 Å². The van der Waals surface area contributed by atoms with E-state index in [1.807, 2.05) is 58.0 Å². The molecular weight excluding hydrogens is 1820 g/mol. The Labute approximate surface area is 849 Å². The molecule has 0 bridgehead atoms. The number of aryl methyl sites for hydroxylation is 5. The summed E-state index contributed by atoms with van der Waals surface area (Å²) < 4.78 is 0. The molecule has 5 aromatic carbocycles. The molecule has 0 radical (unpaired) electrons. The summed E-state index contributed by atoms with van der Waals surface area (Å²) in [4.78, 5) is 124. The molecule has 4 heterocycles. The maximum absolute atomic E-state index is 12.3. The Bertz CT molecular complexity index is 5600. The zero-order valence-corrected chi connectivity index (χ0v) is 87.8. The molecule has 39 heteroatoms. The van der Waals surface area contributed by atoms with Crippen molar-refractivity contribution in [3.8, 4) is 0 Å². The number of carbonyl (C=O) groups is 4. The number of nitrogens with one attached hydrogen (secondary N) is 16. The van der Waals surface area contributed by atoms with Crippen molar-refractivity contribution in [2.45, 2.75) is 262 Å². The molecule has 5 aliphatic carbocycles. The second kappa shape index (κ2) is 55.4. The van der Waals surface area contributed by atoms with E-state index in [2.05, 4.69) is 218 Å². The Kier molecular flexibility index (Phi) is 43.0. The zero-order chi connectivity index (χ0) is 103. The minimum absolute atomic E-state index is 0.00894. The number of hydroxylamine groups is 4. The average Bonchev–Trinajstić information content (AvgIpc) is 0.829. The fraction of sp³-hybridized carbons (Fsp3) is 0.562. The van der Waals surface area contributed by atoms with Crippen LogP contribution in [0, 0.1) is 86.9 Å². The van der Waals surface area contributed by atoms with Gasteiger partial charge in [0.1, 0.15) is 0 Å². The summed E-state index contributed by atoms with van der Waals surface area (Å²) in [7, 11) is 5.63. The Morgan fingerprint density at radius 3 is 0.986 bits per heavy atom. The van der Waals surface area contributed by atoms with E-state index in [-0.39, 0.29) is 46.5 Å². The van der Waals surface area contributed by atoms with Gasteiger partial charge in [-0.15, -0.1) is 0 Å². The molecule has 39 nitrogen and oxygen atoms in total. The third kappa shape index (κ3) is 35.7. The molecule has 5 saturated carbocycles. The summed E-state index contributed by atoms with van der Waals surface area (Å²) in [5.74, 6) is 8.48. The quantitative estimate of drug-likeness (QED) is 0.0159. The molecule has 0 saturated heterocycles. The van der Waals surface area contributed by atoms with Gasteiger partial charge in [-0.3, -0.25) is 38.5 Å². The van der Waals surface area contributed by atoms with E-state index in [4.69, 9.17) is 51.5 Å². The van der Waals surface area contributed by atoms with Crippen LogP contribution >= 0.6 is 0 Å². The smallest absolute Gasteiger partial charge is 0.274 e. The van der Waals surface area contributed by atoms with Gasteiger partial charge in [-0.05, 0) is 280 Å². The summed E-state index contributed by atoms with van der Waals surface area (Å²) in [6.45, 7) is 34.6. The van der Waals surface area contributed by atoms with Gasteiger partial charge in [0.2, 0.25) is 71.4 Å². The minimum atomic E-state index is -0.340. The van der Waals surface area contributed by atoms with Crippen LogP contribution in [-0.4, -0.2) is 175 Å². The molecule has 144 heavy (non-hydrogen) atoms. The van der Waals surface area contributed by atoms with Gasteiger partial charge in [-0.1, -0.05) is 154 Å². The van der Waals surface area contributed by atoms with Gasteiger partial charge in [0.15, 0.2) is 0 Å². The average molecular weight is 1980 g/mol. The number of carbonyl (C=O) groups excluding carboxylic acids is 4. The van der Waals surface area contributed by atoms with Crippen LogP contribution in [0.2, 0.25) is 0 Å². The molecule has 4 aromatic heterocycles. The van der Waals surface area contributed by atoms with Crippen LogP contribution in [0.4, 0.5) is 94.1 Å². The van der Waals surface area contributed by atoms with E-state index in [1.165, 1.54) is 130 Å². The van der Waals surface area contributed by atoms with Crippen molar-refractivity contribution in [3.63, 3.8) is 0 Å². The largest absolute Gasteiger partial charge is 0.354 e. The standard InChI is InChI=1S/C27H42N8O2.C26H40N8O2.C26H42N8O2.C26H35N7O2/c1-17-7-4-5-10-22(17)30-26-32-25(29-16-20-9-6-8-19(13-20)15-28)33-27(34-26)31-23-14-21(12-11-18(23)2)24(36)35-37-3;1-17-11-12-20(23(35)34-36-2)14-22(17)30-26-32-24(28-16-19-8-6-7-18(13-19)15-27)31-25(33-26)29-21-9-4-3-5-10-21;1-16-10-11-20(22(35)34-36-6)13-21(16)30-25-32-23(28-15-19-9-7-8-18(12-19)14-27)31-24(33-25)29-17(2)26(3,4)5;1-16-9-8-10-19(13-16)15-27-23-30-24(28-18(3)26(4,5)6)32-25(31-23)29-21-14-20(12-11-17(21)2)22(34)33-35-7/h11-12,14,17,19-20,22H,4-10,13,15-16,28H2,1-3H3,(H,35,36)(H3,29,30,31,32,33,34);11-12,14,18-19,21H,3-10,13,15-16,27H2,1-2H3,(H,34,35)(H3,28,29,30,31,32,33);10-11,13,17-19H,7-9,12,14-15,27H2,1-6H3,(H,34,35)(H3,28,29,30,31,32,33);8-14,18H,15H2,1-7H3,(H,33,34)(H3,27,28,29,30,31,32)/t;;17-,18?,19?;18-/m..11/s1.